The summed E-state index contributed by atoms with van der Waals surface area (Å²) in [5.41, 5.74) is 2.69. The van der Waals surface area contributed by atoms with Crippen molar-refractivity contribution in [1.29, 1.82) is 0 Å². The van der Waals surface area contributed by atoms with Gasteiger partial charge in [-0.3, -0.25) is 4.79 Å². The van der Waals surface area contributed by atoms with Crippen molar-refractivity contribution in [1.82, 2.24) is 29.4 Å². The van der Waals surface area contributed by atoms with Crippen LogP contribution in [0.3, 0.4) is 0 Å². The van der Waals surface area contributed by atoms with Gasteiger partial charge in [-0.25, -0.2) is 9.67 Å². The zero-order valence-corrected chi connectivity index (χ0v) is 21.1. The van der Waals surface area contributed by atoms with Gasteiger partial charge in [0, 0.05) is 18.3 Å². The standard InChI is InChI=1S/C25H31F3N6O2/c1-16-12-33(15-29-16)20-7-6-17(10-22(20)36-5)19-13-34(31-30-19)21-11-18(24(2,3)4)8-9-32(23(21)35)14-25(26,27)28/h6-7,10,12-13,15,18,21H,8-9,11,14H2,1-5H3/t18?,21-/m0/s1. The molecule has 3 aromatic rings. The number of imidazole rings is 1. The summed E-state index contributed by atoms with van der Waals surface area (Å²) in [7, 11) is 1.56. The van der Waals surface area contributed by atoms with Gasteiger partial charge in [0.25, 0.3) is 0 Å². The van der Waals surface area contributed by atoms with Crippen LogP contribution in [0.1, 0.15) is 45.3 Å². The van der Waals surface area contributed by atoms with Gasteiger partial charge in [0.1, 0.15) is 24.0 Å². The third-order valence-electron chi connectivity index (χ3n) is 6.74. The Bertz CT molecular complexity index is 1230. The van der Waals surface area contributed by atoms with E-state index in [2.05, 4.69) is 15.3 Å². The number of methoxy groups -OCH3 is 1. The number of aryl methyl sites for hydroxylation is 1. The monoisotopic (exact) mass is 504 g/mol. The third kappa shape index (κ3) is 5.55. The van der Waals surface area contributed by atoms with E-state index in [1.165, 1.54) is 4.68 Å². The highest BCUT2D eigenvalue weighted by Crippen LogP contribution is 2.39. The Morgan fingerprint density at radius 2 is 1.92 bits per heavy atom. The van der Waals surface area contributed by atoms with Crippen LogP contribution in [0, 0.1) is 18.3 Å². The molecule has 0 aliphatic carbocycles. The van der Waals surface area contributed by atoms with Gasteiger partial charge in [-0.05, 0) is 43.2 Å². The first kappa shape index (κ1) is 25.7. The number of carbonyl (C=O) groups excluding carboxylic acids is 1. The minimum Gasteiger partial charge on any atom is -0.495 e. The number of halogens is 3. The van der Waals surface area contributed by atoms with Crippen LogP contribution in [-0.4, -0.2) is 61.7 Å². The second-order valence-corrected chi connectivity index (χ2v) is 10.4. The van der Waals surface area contributed by atoms with E-state index in [1.807, 2.05) is 56.7 Å². The number of likely N-dealkylation sites (tertiary alicyclic amines) is 1. The Kier molecular flexibility index (Phi) is 6.85. The molecule has 8 nitrogen and oxygen atoms in total. The number of benzene rings is 1. The molecule has 1 amide bonds. The minimum absolute atomic E-state index is 0.0374. The van der Waals surface area contributed by atoms with Crippen LogP contribution in [0.25, 0.3) is 16.9 Å². The molecule has 0 spiro atoms. The Morgan fingerprint density at radius 1 is 1.17 bits per heavy atom. The van der Waals surface area contributed by atoms with E-state index in [1.54, 1.807) is 19.6 Å². The molecular formula is C25H31F3N6O2. The number of amides is 1. The normalized spacial score (nSPS) is 19.4. The number of nitrogens with zero attached hydrogens (tertiary/aromatic N) is 6. The molecule has 1 saturated heterocycles. The molecule has 0 radical (unpaired) electrons. The molecule has 3 heterocycles. The number of hydrogen-bond donors (Lipinski definition) is 0. The molecule has 2 atom stereocenters. The Morgan fingerprint density at radius 3 is 2.53 bits per heavy atom. The lowest BCUT2D eigenvalue weighted by Crippen LogP contribution is -2.42. The molecule has 1 unspecified atom stereocenters. The molecule has 0 N–H and O–H groups in total. The average Bonchev–Trinajstić information content (AvgIpc) is 3.42. The summed E-state index contributed by atoms with van der Waals surface area (Å²) < 4.78 is 48.5. The van der Waals surface area contributed by atoms with Gasteiger partial charge in [0.2, 0.25) is 5.91 Å². The van der Waals surface area contributed by atoms with Gasteiger partial charge >= 0.3 is 6.18 Å². The van der Waals surface area contributed by atoms with E-state index in [-0.39, 0.29) is 17.9 Å². The van der Waals surface area contributed by atoms with Crippen LogP contribution in [-0.2, 0) is 4.79 Å². The fraction of sp³-hybridized carbons (Fsp3) is 0.520. The predicted molar refractivity (Wildman–Crippen MR) is 128 cm³/mol. The van der Waals surface area contributed by atoms with Gasteiger partial charge in [-0.1, -0.05) is 32.1 Å². The number of alkyl halides is 3. The molecule has 2 aromatic heterocycles. The number of hydrogen-bond acceptors (Lipinski definition) is 5. The fourth-order valence-corrected chi connectivity index (χ4v) is 4.67. The van der Waals surface area contributed by atoms with Crippen molar-refractivity contribution >= 4 is 5.91 Å². The lowest BCUT2D eigenvalue weighted by molar-refractivity contribution is -0.162. The molecule has 1 fully saturated rings. The molecule has 36 heavy (non-hydrogen) atoms. The summed E-state index contributed by atoms with van der Waals surface area (Å²) in [6, 6.07) is 4.66. The lowest BCUT2D eigenvalue weighted by Gasteiger charge is -2.30. The van der Waals surface area contributed by atoms with Crippen molar-refractivity contribution in [3.63, 3.8) is 0 Å². The molecule has 0 bridgehead atoms. The molecule has 1 aliphatic heterocycles. The summed E-state index contributed by atoms with van der Waals surface area (Å²) in [6.07, 6.45) is 1.61. The van der Waals surface area contributed by atoms with Gasteiger partial charge in [-0.15, -0.1) is 5.10 Å². The largest absolute Gasteiger partial charge is 0.495 e. The minimum atomic E-state index is -4.47. The highest BCUT2D eigenvalue weighted by atomic mass is 19.4. The Balaban J connectivity index is 1.66. The van der Waals surface area contributed by atoms with E-state index in [9.17, 15) is 18.0 Å². The third-order valence-corrected chi connectivity index (χ3v) is 6.74. The van der Waals surface area contributed by atoms with Crippen LogP contribution >= 0.6 is 0 Å². The fourth-order valence-electron chi connectivity index (χ4n) is 4.67. The Hall–Kier alpha value is -3.37. The molecule has 1 aliphatic rings. The second kappa shape index (κ2) is 9.59. The van der Waals surface area contributed by atoms with Crippen LogP contribution in [0.4, 0.5) is 13.2 Å². The maximum atomic E-state index is 13.3. The Labute approximate surface area is 208 Å². The number of ether oxygens (including phenoxy) is 1. The highest BCUT2D eigenvalue weighted by molar-refractivity contribution is 5.81. The van der Waals surface area contributed by atoms with E-state index in [4.69, 9.17) is 4.74 Å². The van der Waals surface area contributed by atoms with Crippen LogP contribution < -0.4 is 4.74 Å². The van der Waals surface area contributed by atoms with Crippen LogP contribution in [0.15, 0.2) is 36.9 Å². The highest BCUT2D eigenvalue weighted by Gasteiger charge is 2.41. The lowest BCUT2D eigenvalue weighted by atomic mass is 9.76. The first-order valence-electron chi connectivity index (χ1n) is 11.8. The first-order chi connectivity index (χ1) is 16.9. The van der Waals surface area contributed by atoms with Gasteiger partial charge in [0.05, 0.1) is 31.0 Å². The maximum absolute atomic E-state index is 13.3. The number of rotatable bonds is 5. The maximum Gasteiger partial charge on any atom is 0.406 e. The average molecular weight is 505 g/mol. The van der Waals surface area contributed by atoms with Crippen molar-refractivity contribution in [2.24, 2.45) is 11.3 Å². The van der Waals surface area contributed by atoms with Crippen molar-refractivity contribution in [2.75, 3.05) is 20.2 Å². The summed E-state index contributed by atoms with van der Waals surface area (Å²) in [5.74, 6) is 0.0448. The van der Waals surface area contributed by atoms with E-state index < -0.39 is 24.7 Å². The first-order valence-corrected chi connectivity index (χ1v) is 11.8. The summed E-state index contributed by atoms with van der Waals surface area (Å²) >= 11 is 0. The van der Waals surface area contributed by atoms with Crippen molar-refractivity contribution in [3.8, 4) is 22.7 Å². The van der Waals surface area contributed by atoms with Crippen molar-refractivity contribution in [2.45, 2.75) is 52.8 Å². The molecular weight excluding hydrogens is 473 g/mol. The summed E-state index contributed by atoms with van der Waals surface area (Å²) in [6.45, 7) is 6.81. The second-order valence-electron chi connectivity index (χ2n) is 10.4. The van der Waals surface area contributed by atoms with Gasteiger partial charge in [-0.2, -0.15) is 13.2 Å². The van der Waals surface area contributed by atoms with E-state index in [0.717, 1.165) is 16.3 Å². The van der Waals surface area contributed by atoms with Gasteiger partial charge < -0.3 is 14.2 Å². The summed E-state index contributed by atoms with van der Waals surface area (Å²) in [5, 5.41) is 8.42. The van der Waals surface area contributed by atoms with Crippen LogP contribution in [0.2, 0.25) is 0 Å². The molecule has 11 heteroatoms. The predicted octanol–water partition coefficient (Wildman–Crippen LogP) is 4.84. The van der Waals surface area contributed by atoms with Crippen molar-refractivity contribution < 1.29 is 22.7 Å². The topological polar surface area (TPSA) is 78.1 Å². The zero-order valence-electron chi connectivity index (χ0n) is 21.1. The summed E-state index contributed by atoms with van der Waals surface area (Å²) in [4.78, 5) is 18.4. The number of carbonyl (C=O) groups is 1. The molecule has 1 aromatic carbocycles. The molecule has 0 saturated carbocycles. The molecule has 4 rings (SSSR count). The molecule has 194 valence electrons. The van der Waals surface area contributed by atoms with Crippen molar-refractivity contribution in [3.05, 3.63) is 42.6 Å². The smallest absolute Gasteiger partial charge is 0.406 e. The zero-order chi connectivity index (χ0) is 26.3. The van der Waals surface area contributed by atoms with E-state index in [0.29, 0.717) is 29.8 Å². The van der Waals surface area contributed by atoms with Gasteiger partial charge in [0.15, 0.2) is 0 Å². The SMILES string of the molecule is COc1cc(-c2cn([C@H]3CC(C(C)(C)C)CCN(CC(F)(F)F)C3=O)nn2)ccc1-n1cnc(C)c1. The van der Waals surface area contributed by atoms with E-state index >= 15 is 0 Å². The number of aromatic nitrogens is 5. The quantitative estimate of drug-likeness (QED) is 0.497. The van der Waals surface area contributed by atoms with Crippen LogP contribution in [0.5, 0.6) is 5.75 Å².